The number of nitrogens with one attached hydrogen (secondary N) is 2. The quantitative estimate of drug-likeness (QED) is 0.643. The Balaban J connectivity index is 2.01. The zero-order chi connectivity index (χ0) is 18.6. The number of fused-ring (bicyclic) bond motifs is 1. The summed E-state index contributed by atoms with van der Waals surface area (Å²) < 4.78 is 27.6. The van der Waals surface area contributed by atoms with Crippen LogP contribution in [0.15, 0.2) is 23.1 Å². The maximum absolute atomic E-state index is 12.5. The lowest BCUT2D eigenvalue weighted by atomic mass is 10.1. The molecule has 138 valence electrons. The van der Waals surface area contributed by atoms with Crippen molar-refractivity contribution in [3.05, 3.63) is 29.3 Å². The number of sulfonamides is 1. The zero-order valence-electron chi connectivity index (χ0n) is 14.8. The second-order valence-electron chi connectivity index (χ2n) is 6.18. The van der Waals surface area contributed by atoms with E-state index in [1.807, 2.05) is 6.92 Å². The lowest BCUT2D eigenvalue weighted by Crippen LogP contribution is -2.33. The Labute approximate surface area is 148 Å². The van der Waals surface area contributed by atoms with Crippen molar-refractivity contribution in [3.8, 4) is 0 Å². The van der Waals surface area contributed by atoms with E-state index in [2.05, 4.69) is 28.8 Å². The number of carbonyl (C=O) groups is 2. The second kappa shape index (κ2) is 8.07. The Morgan fingerprint density at radius 3 is 2.40 bits per heavy atom. The molecular formula is C17H25N3O4S. The van der Waals surface area contributed by atoms with Gasteiger partial charge in [0.25, 0.3) is 11.8 Å². The molecule has 2 amide bonds. The molecule has 0 fully saturated rings. The van der Waals surface area contributed by atoms with Crippen molar-refractivity contribution in [3.63, 3.8) is 0 Å². The summed E-state index contributed by atoms with van der Waals surface area (Å²) >= 11 is 0. The maximum atomic E-state index is 12.5. The average molecular weight is 367 g/mol. The second-order valence-corrected chi connectivity index (χ2v) is 7.90. The van der Waals surface area contributed by atoms with Gasteiger partial charge in [0.1, 0.15) is 0 Å². The fraction of sp³-hybridized carbons (Fsp3) is 0.529. The van der Waals surface area contributed by atoms with E-state index in [-0.39, 0.29) is 22.1 Å². The number of hydrogen-bond acceptors (Lipinski definition) is 5. The van der Waals surface area contributed by atoms with Gasteiger partial charge in [-0.2, -0.15) is 0 Å². The highest BCUT2D eigenvalue weighted by molar-refractivity contribution is 7.89. The van der Waals surface area contributed by atoms with Crippen LogP contribution in [0.1, 0.15) is 54.3 Å². The van der Waals surface area contributed by atoms with Gasteiger partial charge in [-0.05, 0) is 57.6 Å². The molecule has 0 unspecified atom stereocenters. The number of hydrogen-bond donors (Lipinski definition) is 2. The molecule has 0 spiro atoms. The van der Waals surface area contributed by atoms with Crippen molar-refractivity contribution in [2.45, 2.75) is 44.6 Å². The van der Waals surface area contributed by atoms with Crippen molar-refractivity contribution in [2.24, 2.45) is 0 Å². The van der Waals surface area contributed by atoms with Gasteiger partial charge in [-0.3, -0.25) is 14.9 Å². The number of imide groups is 1. The number of nitrogens with zero attached hydrogens (tertiary/aromatic N) is 1. The predicted octanol–water partition coefficient (Wildman–Crippen LogP) is 1.36. The van der Waals surface area contributed by atoms with E-state index in [0.29, 0.717) is 0 Å². The molecule has 1 aliphatic heterocycles. The molecule has 25 heavy (non-hydrogen) atoms. The molecule has 1 heterocycles. The normalized spacial score (nSPS) is 15.4. The summed E-state index contributed by atoms with van der Waals surface area (Å²) in [6.07, 6.45) is 1.62. The first-order chi connectivity index (χ1) is 11.8. The van der Waals surface area contributed by atoms with Gasteiger partial charge in [-0.25, -0.2) is 13.1 Å². The molecule has 2 N–H and O–H groups in total. The van der Waals surface area contributed by atoms with Gasteiger partial charge in [0.05, 0.1) is 16.0 Å². The fourth-order valence-electron chi connectivity index (χ4n) is 2.87. The molecule has 8 heteroatoms. The van der Waals surface area contributed by atoms with Crippen molar-refractivity contribution < 1.29 is 18.0 Å². The summed E-state index contributed by atoms with van der Waals surface area (Å²) in [5.41, 5.74) is 0.304. The van der Waals surface area contributed by atoms with Crippen LogP contribution in [0, 0.1) is 0 Å². The van der Waals surface area contributed by atoms with Gasteiger partial charge in [0.15, 0.2) is 0 Å². The largest absolute Gasteiger partial charge is 0.304 e. The van der Waals surface area contributed by atoms with E-state index in [4.69, 9.17) is 0 Å². The van der Waals surface area contributed by atoms with E-state index in [9.17, 15) is 18.0 Å². The van der Waals surface area contributed by atoms with Crippen LogP contribution in [0.25, 0.3) is 0 Å². The van der Waals surface area contributed by atoms with Crippen LogP contribution in [0.2, 0.25) is 0 Å². The van der Waals surface area contributed by atoms with Gasteiger partial charge in [-0.1, -0.05) is 13.8 Å². The first-order valence-corrected chi connectivity index (χ1v) is 10.0. The highest BCUT2D eigenvalue weighted by atomic mass is 32.2. The molecule has 1 aromatic carbocycles. The summed E-state index contributed by atoms with van der Waals surface area (Å²) in [5.74, 6) is -1.06. The van der Waals surface area contributed by atoms with Gasteiger partial charge < -0.3 is 4.90 Å². The lowest BCUT2D eigenvalue weighted by molar-refractivity contribution is 0.0879. The number of benzene rings is 1. The first kappa shape index (κ1) is 19.6. The van der Waals surface area contributed by atoms with E-state index < -0.39 is 21.8 Å². The molecule has 0 radical (unpaired) electrons. The third-order valence-corrected chi connectivity index (χ3v) is 5.97. The zero-order valence-corrected chi connectivity index (χ0v) is 15.6. The fourth-order valence-corrected chi connectivity index (χ4v) is 4.17. The molecule has 1 atom stereocenters. The monoisotopic (exact) mass is 367 g/mol. The third kappa shape index (κ3) is 4.65. The number of rotatable bonds is 9. The van der Waals surface area contributed by atoms with Crippen LogP contribution in [-0.2, 0) is 10.0 Å². The topological polar surface area (TPSA) is 95.6 Å². The van der Waals surface area contributed by atoms with Crippen molar-refractivity contribution >= 4 is 21.8 Å². The molecule has 2 rings (SSSR count). The van der Waals surface area contributed by atoms with Crippen LogP contribution in [-0.4, -0.2) is 50.8 Å². The number of amides is 2. The Bertz CT molecular complexity index is 757. The molecule has 0 aliphatic carbocycles. The number of carbonyl (C=O) groups excluding carboxylic acids is 2. The average Bonchev–Trinajstić information content (AvgIpc) is 2.85. The standard InChI is InChI=1S/C17H25N3O4S/c1-4-20(5-2)10-6-7-12(3)19-25(23,24)13-8-9-14-15(11-13)17(22)18-16(14)21/h8-9,11-12,19H,4-7,10H2,1-3H3,(H,18,21,22)/t12-/m1/s1. The molecule has 0 bridgehead atoms. The maximum Gasteiger partial charge on any atom is 0.258 e. The van der Waals surface area contributed by atoms with E-state index in [1.54, 1.807) is 0 Å². The summed E-state index contributed by atoms with van der Waals surface area (Å²) in [4.78, 5) is 25.5. The van der Waals surface area contributed by atoms with Crippen molar-refractivity contribution in [1.82, 2.24) is 14.9 Å². The SMILES string of the molecule is CCN(CC)CCC[C@@H](C)NS(=O)(=O)c1ccc2c(c1)C(=O)NC2=O. The van der Waals surface area contributed by atoms with E-state index >= 15 is 0 Å². The Morgan fingerprint density at radius 1 is 1.12 bits per heavy atom. The summed E-state index contributed by atoms with van der Waals surface area (Å²) in [5, 5.41) is 2.15. The van der Waals surface area contributed by atoms with Crippen LogP contribution >= 0.6 is 0 Å². The highest BCUT2D eigenvalue weighted by Gasteiger charge is 2.29. The van der Waals surface area contributed by atoms with Crippen LogP contribution in [0.5, 0.6) is 0 Å². The highest BCUT2D eigenvalue weighted by Crippen LogP contribution is 2.20. The molecule has 0 saturated carbocycles. The predicted molar refractivity (Wildman–Crippen MR) is 95.0 cm³/mol. The molecule has 0 saturated heterocycles. The van der Waals surface area contributed by atoms with E-state index in [0.717, 1.165) is 32.5 Å². The Morgan fingerprint density at radius 2 is 1.76 bits per heavy atom. The van der Waals surface area contributed by atoms with Gasteiger partial charge in [0, 0.05) is 6.04 Å². The van der Waals surface area contributed by atoms with Gasteiger partial charge in [0.2, 0.25) is 10.0 Å². The van der Waals surface area contributed by atoms with Crippen molar-refractivity contribution in [1.29, 1.82) is 0 Å². The molecule has 0 aromatic heterocycles. The molecular weight excluding hydrogens is 342 g/mol. The third-order valence-electron chi connectivity index (χ3n) is 4.38. The van der Waals surface area contributed by atoms with Crippen LogP contribution in [0.3, 0.4) is 0 Å². The Hall–Kier alpha value is -1.77. The van der Waals surface area contributed by atoms with Crippen molar-refractivity contribution in [2.75, 3.05) is 19.6 Å². The minimum Gasteiger partial charge on any atom is -0.304 e. The molecule has 7 nitrogen and oxygen atoms in total. The lowest BCUT2D eigenvalue weighted by Gasteiger charge is -2.19. The molecule has 1 aromatic rings. The van der Waals surface area contributed by atoms with Gasteiger partial charge >= 0.3 is 0 Å². The molecule has 1 aliphatic rings. The summed E-state index contributed by atoms with van der Waals surface area (Å²) in [6, 6.07) is 3.75. The first-order valence-electron chi connectivity index (χ1n) is 8.53. The minimum absolute atomic E-state index is 0.00769. The summed E-state index contributed by atoms with van der Waals surface area (Å²) in [6.45, 7) is 8.91. The van der Waals surface area contributed by atoms with E-state index in [1.165, 1.54) is 18.2 Å². The summed E-state index contributed by atoms with van der Waals surface area (Å²) in [7, 11) is -3.74. The minimum atomic E-state index is -3.74. The smallest absolute Gasteiger partial charge is 0.258 e. The van der Waals surface area contributed by atoms with Crippen LogP contribution < -0.4 is 10.0 Å². The van der Waals surface area contributed by atoms with Gasteiger partial charge in [-0.15, -0.1) is 0 Å². The Kier molecular flexibility index (Phi) is 6.31. The van der Waals surface area contributed by atoms with Crippen LogP contribution in [0.4, 0.5) is 0 Å².